The van der Waals surface area contributed by atoms with E-state index in [4.69, 9.17) is 5.73 Å². The molecule has 1 nitrogen and oxygen atoms in total. The highest BCUT2D eigenvalue weighted by atomic mass is 79.9. The third-order valence-electron chi connectivity index (χ3n) is 6.11. The van der Waals surface area contributed by atoms with Crippen molar-refractivity contribution in [3.8, 4) is 22.3 Å². The number of fused-ring (bicyclic) bond motifs is 10. The van der Waals surface area contributed by atoms with E-state index < -0.39 is 0 Å². The topological polar surface area (TPSA) is 26.0 Å². The Bertz CT molecular complexity index is 1210. The standard InChI is InChI=1S/C25H16BrN/c26-23-13-18-17-9-3-6-12-21(17)25(22(18)14-24(23)27)19-10-4-1-7-15(19)16-8-2-5-11-20(16)25/h1-14H,27H2. The van der Waals surface area contributed by atoms with Crippen LogP contribution in [0.3, 0.4) is 0 Å². The SMILES string of the molecule is Nc1cc2c(cc1Br)-c1ccccc1C21c2ccccc2-c2ccccc21. The highest BCUT2D eigenvalue weighted by Crippen LogP contribution is 2.63. The summed E-state index contributed by atoms with van der Waals surface area (Å²) < 4.78 is 0.952. The molecule has 27 heavy (non-hydrogen) atoms. The first kappa shape index (κ1) is 15.2. The van der Waals surface area contributed by atoms with Gasteiger partial charge in [-0.25, -0.2) is 0 Å². The lowest BCUT2D eigenvalue weighted by atomic mass is 9.70. The second-order valence-electron chi connectivity index (χ2n) is 7.31. The van der Waals surface area contributed by atoms with Gasteiger partial charge in [0, 0.05) is 10.2 Å². The van der Waals surface area contributed by atoms with Gasteiger partial charge in [0.2, 0.25) is 0 Å². The predicted octanol–water partition coefficient (Wildman–Crippen LogP) is 6.37. The number of nitrogen functional groups attached to an aromatic ring is 1. The van der Waals surface area contributed by atoms with Crippen LogP contribution in [0.1, 0.15) is 22.3 Å². The summed E-state index contributed by atoms with van der Waals surface area (Å²) in [6.45, 7) is 0. The highest BCUT2D eigenvalue weighted by Gasteiger charge is 2.51. The molecule has 128 valence electrons. The molecular weight excluding hydrogens is 394 g/mol. The van der Waals surface area contributed by atoms with Gasteiger partial charge in [0.15, 0.2) is 0 Å². The van der Waals surface area contributed by atoms with Gasteiger partial charge in [0.25, 0.3) is 0 Å². The molecule has 0 aliphatic heterocycles. The van der Waals surface area contributed by atoms with Crippen molar-refractivity contribution in [1.82, 2.24) is 0 Å². The molecule has 0 atom stereocenters. The molecule has 0 radical (unpaired) electrons. The van der Waals surface area contributed by atoms with E-state index in [2.05, 4.69) is 101 Å². The molecule has 2 heteroatoms. The van der Waals surface area contributed by atoms with Crippen molar-refractivity contribution in [3.63, 3.8) is 0 Å². The molecule has 2 aliphatic rings. The average molecular weight is 410 g/mol. The molecule has 0 amide bonds. The minimum Gasteiger partial charge on any atom is -0.398 e. The van der Waals surface area contributed by atoms with Crippen LogP contribution in [0, 0.1) is 0 Å². The molecular formula is C25H16BrN. The van der Waals surface area contributed by atoms with Crippen molar-refractivity contribution in [2.45, 2.75) is 5.41 Å². The molecule has 0 saturated heterocycles. The van der Waals surface area contributed by atoms with Crippen LogP contribution in [0.2, 0.25) is 0 Å². The van der Waals surface area contributed by atoms with E-state index >= 15 is 0 Å². The van der Waals surface area contributed by atoms with E-state index in [1.165, 1.54) is 44.5 Å². The normalized spacial score (nSPS) is 14.6. The molecule has 2 N–H and O–H groups in total. The second-order valence-corrected chi connectivity index (χ2v) is 8.16. The lowest BCUT2D eigenvalue weighted by molar-refractivity contribution is 0.794. The van der Waals surface area contributed by atoms with Gasteiger partial charge in [0.05, 0.1) is 5.41 Å². The lowest BCUT2D eigenvalue weighted by Crippen LogP contribution is -2.25. The number of hydrogen-bond acceptors (Lipinski definition) is 1. The maximum Gasteiger partial charge on any atom is 0.0726 e. The summed E-state index contributed by atoms with van der Waals surface area (Å²) in [4.78, 5) is 0. The first-order valence-corrected chi connectivity index (χ1v) is 9.91. The zero-order valence-corrected chi connectivity index (χ0v) is 16.1. The zero-order chi connectivity index (χ0) is 18.2. The van der Waals surface area contributed by atoms with Crippen LogP contribution in [-0.4, -0.2) is 0 Å². The number of rotatable bonds is 0. The van der Waals surface area contributed by atoms with Crippen molar-refractivity contribution in [3.05, 3.63) is 112 Å². The van der Waals surface area contributed by atoms with E-state index in [1.54, 1.807) is 0 Å². The largest absolute Gasteiger partial charge is 0.398 e. The van der Waals surface area contributed by atoms with Gasteiger partial charge in [-0.15, -0.1) is 0 Å². The molecule has 2 aliphatic carbocycles. The third kappa shape index (κ3) is 1.70. The van der Waals surface area contributed by atoms with E-state index in [9.17, 15) is 0 Å². The second kappa shape index (κ2) is 5.11. The fourth-order valence-electron chi connectivity index (χ4n) is 5.13. The Morgan fingerprint density at radius 1 is 0.556 bits per heavy atom. The molecule has 0 heterocycles. The van der Waals surface area contributed by atoms with Crippen LogP contribution in [0.5, 0.6) is 0 Å². The van der Waals surface area contributed by atoms with Crippen LogP contribution in [0.4, 0.5) is 5.69 Å². The first-order valence-electron chi connectivity index (χ1n) is 9.11. The Hall–Kier alpha value is -2.84. The summed E-state index contributed by atoms with van der Waals surface area (Å²) in [5.41, 5.74) is 17.4. The Labute approximate surface area is 166 Å². The summed E-state index contributed by atoms with van der Waals surface area (Å²) >= 11 is 3.64. The van der Waals surface area contributed by atoms with E-state index in [0.717, 1.165) is 10.2 Å². The summed E-state index contributed by atoms with van der Waals surface area (Å²) in [6, 6.07) is 30.7. The minimum atomic E-state index is -0.298. The van der Waals surface area contributed by atoms with Crippen LogP contribution in [0.25, 0.3) is 22.3 Å². The molecule has 6 rings (SSSR count). The smallest absolute Gasteiger partial charge is 0.0726 e. The molecule has 0 fully saturated rings. The summed E-state index contributed by atoms with van der Waals surface area (Å²) in [5.74, 6) is 0. The van der Waals surface area contributed by atoms with Gasteiger partial charge in [0.1, 0.15) is 0 Å². The van der Waals surface area contributed by atoms with Gasteiger partial charge in [-0.2, -0.15) is 0 Å². The number of nitrogens with two attached hydrogens (primary N) is 1. The van der Waals surface area contributed by atoms with Gasteiger partial charge >= 0.3 is 0 Å². The monoisotopic (exact) mass is 409 g/mol. The van der Waals surface area contributed by atoms with Crippen molar-refractivity contribution >= 4 is 21.6 Å². The van der Waals surface area contributed by atoms with Crippen LogP contribution in [0.15, 0.2) is 89.4 Å². The summed E-state index contributed by atoms with van der Waals surface area (Å²) in [6.07, 6.45) is 0. The van der Waals surface area contributed by atoms with E-state index in [-0.39, 0.29) is 5.41 Å². The average Bonchev–Trinajstić information content (AvgIpc) is 3.16. The van der Waals surface area contributed by atoms with Crippen molar-refractivity contribution in [2.75, 3.05) is 5.73 Å². The fraction of sp³-hybridized carbons (Fsp3) is 0.0400. The molecule has 0 saturated carbocycles. The predicted molar refractivity (Wildman–Crippen MR) is 115 cm³/mol. The van der Waals surface area contributed by atoms with Crippen molar-refractivity contribution < 1.29 is 0 Å². The Morgan fingerprint density at radius 3 is 1.52 bits per heavy atom. The van der Waals surface area contributed by atoms with Crippen molar-refractivity contribution in [2.24, 2.45) is 0 Å². The molecule has 0 unspecified atom stereocenters. The molecule has 0 aromatic heterocycles. The van der Waals surface area contributed by atoms with Gasteiger partial charge in [-0.3, -0.25) is 0 Å². The lowest BCUT2D eigenvalue weighted by Gasteiger charge is -2.30. The van der Waals surface area contributed by atoms with Crippen LogP contribution >= 0.6 is 15.9 Å². The highest BCUT2D eigenvalue weighted by molar-refractivity contribution is 9.10. The van der Waals surface area contributed by atoms with Crippen LogP contribution < -0.4 is 5.73 Å². The Balaban J connectivity index is 1.88. The molecule has 0 bridgehead atoms. The molecule has 4 aromatic carbocycles. The Morgan fingerprint density at radius 2 is 1.00 bits per heavy atom. The minimum absolute atomic E-state index is 0.298. The Kier molecular flexibility index (Phi) is 2.89. The van der Waals surface area contributed by atoms with Crippen molar-refractivity contribution in [1.29, 1.82) is 0 Å². The maximum atomic E-state index is 6.37. The maximum absolute atomic E-state index is 6.37. The fourth-order valence-corrected chi connectivity index (χ4v) is 5.47. The molecule has 4 aromatic rings. The van der Waals surface area contributed by atoms with Crippen LogP contribution in [-0.2, 0) is 5.41 Å². The number of anilines is 1. The van der Waals surface area contributed by atoms with Gasteiger partial charge < -0.3 is 5.73 Å². The van der Waals surface area contributed by atoms with Gasteiger partial charge in [-0.1, -0.05) is 72.8 Å². The zero-order valence-electron chi connectivity index (χ0n) is 14.5. The van der Waals surface area contributed by atoms with E-state index in [0.29, 0.717) is 0 Å². The first-order chi connectivity index (χ1) is 13.2. The number of halogens is 1. The van der Waals surface area contributed by atoms with E-state index in [1.807, 2.05) is 0 Å². The summed E-state index contributed by atoms with van der Waals surface area (Å²) in [5, 5.41) is 0. The number of hydrogen-bond donors (Lipinski definition) is 1. The quantitative estimate of drug-likeness (QED) is 0.289. The van der Waals surface area contributed by atoms with Gasteiger partial charge in [-0.05, 0) is 72.6 Å². The summed E-state index contributed by atoms with van der Waals surface area (Å²) in [7, 11) is 0. The number of benzene rings is 4. The third-order valence-corrected chi connectivity index (χ3v) is 6.80. The molecule has 1 spiro atoms.